The fourth-order valence-electron chi connectivity index (χ4n) is 3.65. The number of benzene rings is 1. The smallest absolute Gasteiger partial charge is 0.0561 e. The summed E-state index contributed by atoms with van der Waals surface area (Å²) in [6.45, 7) is 9.95. The molecule has 1 unspecified atom stereocenters. The van der Waals surface area contributed by atoms with Crippen molar-refractivity contribution >= 4 is 10.8 Å². The average Bonchev–Trinajstić information content (AvgIpc) is 3.08. The zero-order chi connectivity index (χ0) is 16.9. The molecule has 3 rings (SSSR count). The van der Waals surface area contributed by atoms with Crippen molar-refractivity contribution in [2.24, 2.45) is 5.92 Å². The second-order valence-corrected chi connectivity index (χ2v) is 9.21. The highest BCUT2D eigenvalue weighted by molar-refractivity contribution is 7.85. The Bertz CT molecular complexity index is 574. The molecule has 4 heteroatoms. The van der Waals surface area contributed by atoms with Crippen LogP contribution in [0.3, 0.4) is 0 Å². The van der Waals surface area contributed by atoms with E-state index in [1.165, 1.54) is 12.1 Å². The van der Waals surface area contributed by atoms with Gasteiger partial charge in [0, 0.05) is 29.8 Å². The van der Waals surface area contributed by atoms with Crippen molar-refractivity contribution in [2.75, 3.05) is 26.2 Å². The maximum absolute atomic E-state index is 12.9. The first-order chi connectivity index (χ1) is 11.6. The predicted molar refractivity (Wildman–Crippen MR) is 101 cm³/mol. The Morgan fingerprint density at radius 1 is 1.12 bits per heavy atom. The molecule has 0 saturated carbocycles. The van der Waals surface area contributed by atoms with Crippen LogP contribution in [0.1, 0.15) is 38.7 Å². The minimum Gasteiger partial charge on any atom is -0.373 e. The Morgan fingerprint density at radius 3 is 2.42 bits per heavy atom. The lowest BCUT2D eigenvalue weighted by atomic mass is 10.1. The third-order valence-electron chi connectivity index (χ3n) is 4.90. The van der Waals surface area contributed by atoms with E-state index in [0.29, 0.717) is 11.2 Å². The van der Waals surface area contributed by atoms with E-state index < -0.39 is 10.8 Å². The molecule has 0 aromatic heterocycles. The summed E-state index contributed by atoms with van der Waals surface area (Å²) in [6.07, 6.45) is 7.66. The standard InChI is InChI=1S/C20H30N2OS/c1-17(2)15-22-13-9-20(10-14-22)24(23)19-7-5-18(6-8-19)16-21-11-3-4-12-21/h3,5-8,11,17,20H,4,9-10,12-16H2,1-2H3. The van der Waals surface area contributed by atoms with Gasteiger partial charge >= 0.3 is 0 Å². The topological polar surface area (TPSA) is 23.6 Å². The highest BCUT2D eigenvalue weighted by Crippen LogP contribution is 2.22. The fourth-order valence-corrected chi connectivity index (χ4v) is 5.08. The van der Waals surface area contributed by atoms with Crippen molar-refractivity contribution in [3.8, 4) is 0 Å². The van der Waals surface area contributed by atoms with E-state index in [0.717, 1.165) is 50.3 Å². The van der Waals surface area contributed by atoms with Gasteiger partial charge in [-0.3, -0.25) is 4.21 Å². The fraction of sp³-hybridized carbons (Fsp3) is 0.600. The van der Waals surface area contributed by atoms with Gasteiger partial charge < -0.3 is 9.80 Å². The van der Waals surface area contributed by atoms with Crippen LogP contribution in [0.25, 0.3) is 0 Å². The summed E-state index contributed by atoms with van der Waals surface area (Å²) in [4.78, 5) is 5.85. The van der Waals surface area contributed by atoms with E-state index in [1.807, 2.05) is 0 Å². The second kappa shape index (κ2) is 8.30. The highest BCUT2D eigenvalue weighted by atomic mass is 32.2. The van der Waals surface area contributed by atoms with Gasteiger partial charge in [-0.2, -0.15) is 0 Å². The monoisotopic (exact) mass is 346 g/mol. The van der Waals surface area contributed by atoms with Crippen LogP contribution in [0.2, 0.25) is 0 Å². The molecule has 24 heavy (non-hydrogen) atoms. The summed E-state index contributed by atoms with van der Waals surface area (Å²) >= 11 is 0. The van der Waals surface area contributed by atoms with Crippen LogP contribution in [-0.4, -0.2) is 45.4 Å². The molecule has 2 aliphatic heterocycles. The SMILES string of the molecule is CC(C)CN1CCC(S(=O)c2ccc(CN3C=CCC3)cc2)CC1. The summed E-state index contributed by atoms with van der Waals surface area (Å²) in [5.41, 5.74) is 1.30. The number of likely N-dealkylation sites (tertiary alicyclic amines) is 1. The Hall–Kier alpha value is -1.13. The van der Waals surface area contributed by atoms with Crippen LogP contribution in [-0.2, 0) is 17.3 Å². The molecule has 1 aromatic carbocycles. The Labute approximate surface area is 149 Å². The minimum absolute atomic E-state index is 0.320. The summed E-state index contributed by atoms with van der Waals surface area (Å²) < 4.78 is 12.9. The van der Waals surface area contributed by atoms with Crippen molar-refractivity contribution in [3.05, 3.63) is 42.1 Å². The summed E-state index contributed by atoms with van der Waals surface area (Å²) in [5, 5.41) is 0.320. The summed E-state index contributed by atoms with van der Waals surface area (Å²) in [6, 6.07) is 8.44. The van der Waals surface area contributed by atoms with Gasteiger partial charge in [-0.15, -0.1) is 0 Å². The predicted octanol–water partition coefficient (Wildman–Crippen LogP) is 3.63. The number of rotatable bonds is 6. The molecule has 0 radical (unpaired) electrons. The number of hydrogen-bond donors (Lipinski definition) is 0. The van der Waals surface area contributed by atoms with Crippen LogP contribution >= 0.6 is 0 Å². The molecule has 1 fully saturated rings. The molecule has 0 N–H and O–H groups in total. The van der Waals surface area contributed by atoms with E-state index in [1.54, 1.807) is 0 Å². The molecule has 0 aliphatic carbocycles. The van der Waals surface area contributed by atoms with E-state index in [-0.39, 0.29) is 0 Å². The second-order valence-electron chi connectivity index (χ2n) is 7.48. The third-order valence-corrected chi connectivity index (χ3v) is 6.71. The molecule has 0 spiro atoms. The van der Waals surface area contributed by atoms with Gasteiger partial charge in [0.15, 0.2) is 0 Å². The van der Waals surface area contributed by atoms with Crippen LogP contribution in [0.5, 0.6) is 0 Å². The molecule has 3 nitrogen and oxygen atoms in total. The maximum atomic E-state index is 12.9. The molecule has 132 valence electrons. The van der Waals surface area contributed by atoms with Gasteiger partial charge in [0.25, 0.3) is 0 Å². The molecule has 1 saturated heterocycles. The van der Waals surface area contributed by atoms with Gasteiger partial charge in [0.05, 0.1) is 10.8 Å². The molecule has 2 heterocycles. The quantitative estimate of drug-likeness (QED) is 0.786. The lowest BCUT2D eigenvalue weighted by Crippen LogP contribution is -2.39. The summed E-state index contributed by atoms with van der Waals surface area (Å²) in [7, 11) is -0.864. The molecule has 1 atom stereocenters. The Kier molecular flexibility index (Phi) is 6.12. The molecule has 1 aromatic rings. The summed E-state index contributed by atoms with van der Waals surface area (Å²) in [5.74, 6) is 0.713. The molecule has 0 amide bonds. The van der Waals surface area contributed by atoms with Gasteiger partial charge in [-0.1, -0.05) is 32.1 Å². The minimum atomic E-state index is -0.864. The van der Waals surface area contributed by atoms with Gasteiger partial charge in [-0.25, -0.2) is 0 Å². The number of piperidine rings is 1. The Balaban J connectivity index is 1.52. The van der Waals surface area contributed by atoms with Crippen molar-refractivity contribution in [3.63, 3.8) is 0 Å². The van der Waals surface area contributed by atoms with E-state index in [4.69, 9.17) is 0 Å². The number of hydrogen-bond acceptors (Lipinski definition) is 3. The average molecular weight is 347 g/mol. The number of nitrogens with zero attached hydrogens (tertiary/aromatic N) is 2. The van der Waals surface area contributed by atoms with E-state index in [2.05, 4.69) is 60.2 Å². The first-order valence-corrected chi connectivity index (χ1v) is 10.5. The van der Waals surface area contributed by atoms with Crippen molar-refractivity contribution in [1.82, 2.24) is 9.80 Å². The van der Waals surface area contributed by atoms with Gasteiger partial charge in [-0.05, 0) is 62.2 Å². The van der Waals surface area contributed by atoms with Gasteiger partial charge in [0.2, 0.25) is 0 Å². The lowest BCUT2D eigenvalue weighted by molar-refractivity contribution is 0.208. The van der Waals surface area contributed by atoms with Crippen molar-refractivity contribution in [2.45, 2.75) is 49.8 Å². The molecule has 0 bridgehead atoms. The third kappa shape index (κ3) is 4.70. The zero-order valence-corrected chi connectivity index (χ0v) is 15.8. The zero-order valence-electron chi connectivity index (χ0n) is 15.0. The first-order valence-electron chi connectivity index (χ1n) is 9.24. The van der Waals surface area contributed by atoms with Crippen molar-refractivity contribution < 1.29 is 4.21 Å². The van der Waals surface area contributed by atoms with Gasteiger partial charge in [0.1, 0.15) is 0 Å². The van der Waals surface area contributed by atoms with Crippen LogP contribution in [0.4, 0.5) is 0 Å². The maximum Gasteiger partial charge on any atom is 0.0561 e. The first kappa shape index (κ1) is 17.7. The molecular formula is C20H30N2OS. The highest BCUT2D eigenvalue weighted by Gasteiger charge is 2.25. The van der Waals surface area contributed by atoms with E-state index >= 15 is 0 Å². The largest absolute Gasteiger partial charge is 0.373 e. The normalized spacial score (nSPS) is 20.9. The molecule has 2 aliphatic rings. The Morgan fingerprint density at radius 2 is 1.83 bits per heavy atom. The van der Waals surface area contributed by atoms with Crippen LogP contribution in [0, 0.1) is 5.92 Å². The van der Waals surface area contributed by atoms with Crippen LogP contribution < -0.4 is 0 Å². The van der Waals surface area contributed by atoms with Crippen LogP contribution in [0.15, 0.2) is 41.4 Å². The van der Waals surface area contributed by atoms with Crippen molar-refractivity contribution in [1.29, 1.82) is 0 Å². The van der Waals surface area contributed by atoms with E-state index in [9.17, 15) is 4.21 Å². The lowest BCUT2D eigenvalue weighted by Gasteiger charge is -2.32. The molecular weight excluding hydrogens is 316 g/mol.